The highest BCUT2D eigenvalue weighted by Crippen LogP contribution is 2.32. The first kappa shape index (κ1) is 14.8. The Morgan fingerprint density at radius 3 is 2.90 bits per heavy atom. The van der Waals surface area contributed by atoms with E-state index in [1.807, 2.05) is 37.3 Å². The van der Waals surface area contributed by atoms with Crippen molar-refractivity contribution in [3.05, 3.63) is 52.7 Å². The Kier molecular flexibility index (Phi) is 4.99. The van der Waals surface area contributed by atoms with Crippen LogP contribution in [0.4, 0.5) is 0 Å². The third-order valence-electron chi connectivity index (χ3n) is 3.07. The summed E-state index contributed by atoms with van der Waals surface area (Å²) in [5, 5.41) is 3.95. The predicted octanol–water partition coefficient (Wildman–Crippen LogP) is 4.51. The summed E-state index contributed by atoms with van der Waals surface area (Å²) in [6.45, 7) is 7.06. The molecule has 1 N–H and O–H groups in total. The first-order valence-corrected chi connectivity index (χ1v) is 7.12. The highest BCUT2D eigenvalue weighted by atomic mass is 35.5. The Balaban J connectivity index is 2.31. The van der Waals surface area contributed by atoms with E-state index in [4.69, 9.17) is 16.3 Å². The molecule has 0 saturated heterocycles. The van der Waals surface area contributed by atoms with Gasteiger partial charge in [-0.25, -0.2) is 4.98 Å². The number of hydrogen-bond donors (Lipinski definition) is 1. The van der Waals surface area contributed by atoms with Crippen molar-refractivity contribution in [2.45, 2.75) is 26.8 Å². The van der Waals surface area contributed by atoms with Crippen molar-refractivity contribution < 1.29 is 4.74 Å². The fraction of sp³-hybridized carbons (Fsp3) is 0.312. The quantitative estimate of drug-likeness (QED) is 0.880. The van der Waals surface area contributed by atoms with Gasteiger partial charge in [-0.15, -0.1) is 0 Å². The highest BCUT2D eigenvalue weighted by Gasteiger charge is 2.13. The van der Waals surface area contributed by atoms with Crippen molar-refractivity contribution in [3.8, 4) is 11.6 Å². The lowest BCUT2D eigenvalue weighted by molar-refractivity contribution is 0.444. The van der Waals surface area contributed by atoms with Gasteiger partial charge < -0.3 is 10.1 Å². The molecule has 3 nitrogen and oxygen atoms in total. The van der Waals surface area contributed by atoms with Crippen molar-refractivity contribution in [1.82, 2.24) is 10.3 Å². The van der Waals surface area contributed by atoms with Crippen LogP contribution in [0.1, 0.15) is 31.0 Å². The summed E-state index contributed by atoms with van der Waals surface area (Å²) in [6, 6.07) is 9.80. The molecule has 0 spiro atoms. The minimum Gasteiger partial charge on any atom is -0.437 e. The number of aryl methyl sites for hydroxylation is 1. The zero-order chi connectivity index (χ0) is 14.5. The topological polar surface area (TPSA) is 34.2 Å². The minimum absolute atomic E-state index is 0.173. The summed E-state index contributed by atoms with van der Waals surface area (Å²) < 4.78 is 5.91. The largest absolute Gasteiger partial charge is 0.437 e. The molecule has 0 aliphatic rings. The van der Waals surface area contributed by atoms with Crippen LogP contribution in [0.2, 0.25) is 5.02 Å². The third-order valence-corrected chi connectivity index (χ3v) is 3.38. The van der Waals surface area contributed by atoms with Crippen LogP contribution in [-0.4, -0.2) is 11.5 Å². The van der Waals surface area contributed by atoms with E-state index in [-0.39, 0.29) is 6.04 Å². The van der Waals surface area contributed by atoms with Gasteiger partial charge in [-0.1, -0.05) is 30.7 Å². The van der Waals surface area contributed by atoms with E-state index in [9.17, 15) is 0 Å². The highest BCUT2D eigenvalue weighted by molar-refractivity contribution is 6.32. The van der Waals surface area contributed by atoms with E-state index >= 15 is 0 Å². The van der Waals surface area contributed by atoms with E-state index in [0.29, 0.717) is 16.7 Å². The van der Waals surface area contributed by atoms with Crippen LogP contribution in [-0.2, 0) is 0 Å². The average molecular weight is 291 g/mol. The van der Waals surface area contributed by atoms with Crippen LogP contribution < -0.4 is 10.1 Å². The third kappa shape index (κ3) is 3.50. The lowest BCUT2D eigenvalue weighted by Crippen LogP contribution is -2.18. The molecule has 1 aromatic carbocycles. The number of benzene rings is 1. The Bertz CT molecular complexity index is 586. The zero-order valence-electron chi connectivity index (χ0n) is 12.0. The molecule has 1 heterocycles. The van der Waals surface area contributed by atoms with Crippen molar-refractivity contribution >= 4 is 11.6 Å². The molecule has 1 aromatic heterocycles. The zero-order valence-corrected chi connectivity index (χ0v) is 12.7. The predicted molar refractivity (Wildman–Crippen MR) is 82.6 cm³/mol. The lowest BCUT2D eigenvalue weighted by atomic mass is 10.1. The van der Waals surface area contributed by atoms with Crippen LogP contribution in [0, 0.1) is 6.92 Å². The molecule has 4 heteroatoms. The number of ether oxygens (including phenoxy) is 1. The molecular formula is C16H19ClN2O. The van der Waals surface area contributed by atoms with Gasteiger partial charge in [0.15, 0.2) is 0 Å². The maximum atomic E-state index is 6.17. The second kappa shape index (κ2) is 6.73. The molecule has 0 aliphatic carbocycles. The van der Waals surface area contributed by atoms with E-state index in [2.05, 4.69) is 24.1 Å². The molecule has 1 atom stereocenters. The Hall–Kier alpha value is -1.58. The van der Waals surface area contributed by atoms with Gasteiger partial charge in [0.05, 0.1) is 5.02 Å². The molecule has 106 valence electrons. The molecule has 2 aromatic rings. The van der Waals surface area contributed by atoms with Gasteiger partial charge in [-0.3, -0.25) is 0 Å². The molecule has 0 fully saturated rings. The SMILES string of the molecule is CCNC(C)c1cccnc1Oc1cc(C)ccc1Cl. The molecule has 20 heavy (non-hydrogen) atoms. The fourth-order valence-corrected chi connectivity index (χ4v) is 2.18. The molecule has 2 rings (SSSR count). The summed E-state index contributed by atoms with van der Waals surface area (Å²) in [5.41, 5.74) is 2.12. The molecular weight excluding hydrogens is 272 g/mol. The average Bonchev–Trinajstić information content (AvgIpc) is 2.44. The Morgan fingerprint density at radius 2 is 2.15 bits per heavy atom. The fourth-order valence-electron chi connectivity index (χ4n) is 2.03. The van der Waals surface area contributed by atoms with Crippen LogP contribution in [0.3, 0.4) is 0 Å². The van der Waals surface area contributed by atoms with Crippen molar-refractivity contribution in [1.29, 1.82) is 0 Å². The van der Waals surface area contributed by atoms with E-state index in [0.717, 1.165) is 17.7 Å². The summed E-state index contributed by atoms with van der Waals surface area (Å²) in [7, 11) is 0. The number of pyridine rings is 1. The normalized spacial score (nSPS) is 12.2. The van der Waals surface area contributed by atoms with Crippen molar-refractivity contribution in [3.63, 3.8) is 0 Å². The standard InChI is InChI=1S/C16H19ClN2O/c1-4-18-12(3)13-6-5-9-19-16(13)20-15-10-11(2)7-8-14(15)17/h5-10,12,18H,4H2,1-3H3. The second-order valence-electron chi connectivity index (χ2n) is 4.71. The number of halogens is 1. The van der Waals surface area contributed by atoms with Gasteiger partial charge in [0, 0.05) is 17.8 Å². The summed E-state index contributed by atoms with van der Waals surface area (Å²) in [4.78, 5) is 4.33. The van der Waals surface area contributed by atoms with Crippen molar-refractivity contribution in [2.75, 3.05) is 6.54 Å². The van der Waals surface area contributed by atoms with Gasteiger partial charge in [-0.05, 0) is 44.2 Å². The number of nitrogens with one attached hydrogen (secondary N) is 1. The monoisotopic (exact) mass is 290 g/mol. The van der Waals surface area contributed by atoms with Gasteiger partial charge in [0.1, 0.15) is 5.75 Å². The number of hydrogen-bond acceptors (Lipinski definition) is 3. The molecule has 0 amide bonds. The lowest BCUT2D eigenvalue weighted by Gasteiger charge is -2.16. The second-order valence-corrected chi connectivity index (χ2v) is 5.12. The van der Waals surface area contributed by atoms with Crippen LogP contribution in [0.25, 0.3) is 0 Å². The van der Waals surface area contributed by atoms with Gasteiger partial charge in [-0.2, -0.15) is 0 Å². The first-order chi connectivity index (χ1) is 9.61. The molecule has 0 saturated carbocycles. The summed E-state index contributed by atoms with van der Waals surface area (Å²) in [6.07, 6.45) is 1.72. The Morgan fingerprint density at radius 1 is 1.35 bits per heavy atom. The molecule has 0 aliphatic heterocycles. The summed E-state index contributed by atoms with van der Waals surface area (Å²) in [5.74, 6) is 1.23. The number of aromatic nitrogens is 1. The number of nitrogens with zero attached hydrogens (tertiary/aromatic N) is 1. The van der Waals surface area contributed by atoms with Gasteiger partial charge in [0.25, 0.3) is 0 Å². The van der Waals surface area contributed by atoms with Crippen LogP contribution in [0.15, 0.2) is 36.5 Å². The molecule has 0 bridgehead atoms. The Labute approximate surface area is 124 Å². The van der Waals surface area contributed by atoms with Crippen molar-refractivity contribution in [2.24, 2.45) is 0 Å². The van der Waals surface area contributed by atoms with E-state index < -0.39 is 0 Å². The summed E-state index contributed by atoms with van der Waals surface area (Å²) >= 11 is 6.17. The maximum absolute atomic E-state index is 6.17. The minimum atomic E-state index is 0.173. The van der Waals surface area contributed by atoms with Gasteiger partial charge >= 0.3 is 0 Å². The number of rotatable bonds is 5. The molecule has 0 radical (unpaired) electrons. The molecule has 1 unspecified atom stereocenters. The van der Waals surface area contributed by atoms with E-state index in [1.54, 1.807) is 6.20 Å². The smallest absolute Gasteiger partial charge is 0.224 e. The van der Waals surface area contributed by atoms with Crippen LogP contribution in [0.5, 0.6) is 11.6 Å². The maximum Gasteiger partial charge on any atom is 0.224 e. The van der Waals surface area contributed by atoms with Crippen LogP contribution >= 0.6 is 11.6 Å². The first-order valence-electron chi connectivity index (χ1n) is 6.74. The van der Waals surface area contributed by atoms with E-state index in [1.165, 1.54) is 0 Å². The van der Waals surface area contributed by atoms with Gasteiger partial charge in [0.2, 0.25) is 5.88 Å².